The Hall–Kier alpha value is -2.33. The minimum atomic E-state index is -0.392. The van der Waals surface area contributed by atoms with Gasteiger partial charge in [0.05, 0.1) is 6.61 Å². The van der Waals surface area contributed by atoms with Crippen LogP contribution >= 0.6 is 0 Å². The molecule has 1 atom stereocenters. The molecule has 0 aliphatic carbocycles. The van der Waals surface area contributed by atoms with Crippen LogP contribution in [0.5, 0.6) is 5.75 Å². The molecule has 120 valence electrons. The fourth-order valence-corrected chi connectivity index (χ4v) is 2.95. The number of nitrogens with two attached hydrogens (primary N) is 1. The van der Waals surface area contributed by atoms with Gasteiger partial charge in [-0.2, -0.15) is 0 Å². The first-order valence-electron chi connectivity index (χ1n) is 8.05. The van der Waals surface area contributed by atoms with E-state index in [0.29, 0.717) is 11.6 Å². The van der Waals surface area contributed by atoms with Gasteiger partial charge in [0.15, 0.2) is 0 Å². The molecule has 2 aromatic rings. The summed E-state index contributed by atoms with van der Waals surface area (Å²) >= 11 is 0. The Morgan fingerprint density at radius 3 is 2.74 bits per heavy atom. The number of nitrogens with one attached hydrogen (secondary N) is 1. The van der Waals surface area contributed by atoms with Crippen molar-refractivity contribution in [1.29, 1.82) is 0 Å². The highest BCUT2D eigenvalue weighted by Gasteiger charge is 2.15. The zero-order valence-corrected chi connectivity index (χ0v) is 13.3. The van der Waals surface area contributed by atoms with Gasteiger partial charge in [0, 0.05) is 24.6 Å². The number of fused-ring (bicyclic) bond motifs is 1. The highest BCUT2D eigenvalue weighted by Crippen LogP contribution is 2.29. The molecule has 1 aliphatic heterocycles. The van der Waals surface area contributed by atoms with Crippen LogP contribution in [0.15, 0.2) is 42.5 Å². The molecule has 1 heterocycles. The van der Waals surface area contributed by atoms with Gasteiger partial charge in [-0.3, -0.25) is 4.79 Å². The molecule has 0 saturated heterocycles. The van der Waals surface area contributed by atoms with Crippen molar-refractivity contribution in [3.63, 3.8) is 0 Å². The first-order chi connectivity index (χ1) is 11.2. The number of benzene rings is 2. The average molecular weight is 310 g/mol. The maximum atomic E-state index is 11.1. The van der Waals surface area contributed by atoms with Crippen molar-refractivity contribution < 1.29 is 9.53 Å². The normalized spacial score (nSPS) is 14.1. The SMILES string of the molecule is CC[C@H](NCc1ccc(C(N)=O)cc1)c1ccc2c(c1)CCO2. The monoisotopic (exact) mass is 310 g/mol. The van der Waals surface area contributed by atoms with Crippen LogP contribution in [0.2, 0.25) is 0 Å². The summed E-state index contributed by atoms with van der Waals surface area (Å²) in [5.74, 6) is 0.627. The molecule has 3 rings (SSSR count). The summed E-state index contributed by atoms with van der Waals surface area (Å²) in [6, 6.07) is 14.2. The lowest BCUT2D eigenvalue weighted by Gasteiger charge is -2.18. The molecule has 0 bridgehead atoms. The third-order valence-corrected chi connectivity index (χ3v) is 4.32. The van der Waals surface area contributed by atoms with Crippen molar-refractivity contribution in [2.75, 3.05) is 6.61 Å². The van der Waals surface area contributed by atoms with Crippen LogP contribution in [0.1, 0.15) is 46.4 Å². The van der Waals surface area contributed by atoms with Crippen LogP contribution < -0.4 is 15.8 Å². The molecule has 0 spiro atoms. The molecule has 0 saturated carbocycles. The summed E-state index contributed by atoms with van der Waals surface area (Å²) in [6.45, 7) is 3.72. The van der Waals surface area contributed by atoms with E-state index in [1.165, 1.54) is 11.1 Å². The van der Waals surface area contributed by atoms with Crippen LogP contribution in [0.3, 0.4) is 0 Å². The van der Waals surface area contributed by atoms with Crippen LogP contribution in [0.25, 0.3) is 0 Å². The predicted molar refractivity (Wildman–Crippen MR) is 90.5 cm³/mol. The van der Waals surface area contributed by atoms with Crippen molar-refractivity contribution in [1.82, 2.24) is 5.32 Å². The average Bonchev–Trinajstić information content (AvgIpc) is 3.03. The Bertz CT molecular complexity index is 695. The van der Waals surface area contributed by atoms with Gasteiger partial charge in [0.2, 0.25) is 5.91 Å². The van der Waals surface area contributed by atoms with Crippen molar-refractivity contribution in [3.05, 3.63) is 64.7 Å². The molecule has 3 N–H and O–H groups in total. The topological polar surface area (TPSA) is 64.3 Å². The molecule has 1 amide bonds. The number of hydrogen-bond acceptors (Lipinski definition) is 3. The molecule has 23 heavy (non-hydrogen) atoms. The van der Waals surface area contributed by atoms with Crippen LogP contribution in [-0.4, -0.2) is 12.5 Å². The Morgan fingerprint density at radius 1 is 1.26 bits per heavy atom. The second-order valence-electron chi connectivity index (χ2n) is 5.87. The summed E-state index contributed by atoms with van der Waals surface area (Å²) in [5, 5.41) is 3.58. The van der Waals surface area contributed by atoms with E-state index in [0.717, 1.165) is 37.3 Å². The number of primary amides is 1. The van der Waals surface area contributed by atoms with Crippen molar-refractivity contribution in [2.45, 2.75) is 32.4 Å². The van der Waals surface area contributed by atoms with E-state index in [4.69, 9.17) is 10.5 Å². The number of hydrogen-bond donors (Lipinski definition) is 2. The predicted octanol–water partition coefficient (Wildman–Crippen LogP) is 2.96. The van der Waals surface area contributed by atoms with Gasteiger partial charge in [-0.1, -0.05) is 31.2 Å². The first-order valence-corrected chi connectivity index (χ1v) is 8.05. The fraction of sp³-hybridized carbons (Fsp3) is 0.316. The third-order valence-electron chi connectivity index (χ3n) is 4.32. The Balaban J connectivity index is 1.66. The quantitative estimate of drug-likeness (QED) is 0.862. The van der Waals surface area contributed by atoms with Crippen LogP contribution in [0.4, 0.5) is 0 Å². The van der Waals surface area contributed by atoms with Gasteiger partial charge in [0.25, 0.3) is 0 Å². The maximum Gasteiger partial charge on any atom is 0.248 e. The lowest BCUT2D eigenvalue weighted by atomic mass is 10.0. The minimum absolute atomic E-state index is 0.303. The van der Waals surface area contributed by atoms with E-state index in [9.17, 15) is 4.79 Å². The molecule has 1 aliphatic rings. The summed E-state index contributed by atoms with van der Waals surface area (Å²) in [5.41, 5.74) is 9.54. The van der Waals surface area contributed by atoms with Crippen molar-refractivity contribution in [2.24, 2.45) is 5.73 Å². The lowest BCUT2D eigenvalue weighted by molar-refractivity contribution is 0.100. The molecule has 4 nitrogen and oxygen atoms in total. The minimum Gasteiger partial charge on any atom is -0.493 e. The van der Waals surface area contributed by atoms with Gasteiger partial charge < -0.3 is 15.8 Å². The van der Waals surface area contributed by atoms with Gasteiger partial charge >= 0.3 is 0 Å². The summed E-state index contributed by atoms with van der Waals surface area (Å²) in [7, 11) is 0. The zero-order chi connectivity index (χ0) is 16.2. The van der Waals surface area contributed by atoms with Crippen molar-refractivity contribution in [3.8, 4) is 5.75 Å². The Kier molecular flexibility index (Phi) is 4.63. The van der Waals surface area contributed by atoms with Crippen LogP contribution in [0, 0.1) is 0 Å². The smallest absolute Gasteiger partial charge is 0.248 e. The molecule has 0 fully saturated rings. The van der Waals surface area contributed by atoms with E-state index in [2.05, 4.69) is 30.4 Å². The number of carbonyl (C=O) groups is 1. The van der Waals surface area contributed by atoms with Gasteiger partial charge in [0.1, 0.15) is 5.75 Å². The zero-order valence-electron chi connectivity index (χ0n) is 13.3. The molecule has 0 aromatic heterocycles. The van der Waals surface area contributed by atoms with E-state index in [-0.39, 0.29) is 0 Å². The molecule has 0 radical (unpaired) electrons. The Morgan fingerprint density at radius 2 is 2.04 bits per heavy atom. The summed E-state index contributed by atoms with van der Waals surface area (Å²) in [4.78, 5) is 11.1. The van der Waals surface area contributed by atoms with E-state index < -0.39 is 5.91 Å². The fourth-order valence-electron chi connectivity index (χ4n) is 2.95. The molecular formula is C19H22N2O2. The van der Waals surface area contributed by atoms with Crippen LogP contribution in [-0.2, 0) is 13.0 Å². The maximum absolute atomic E-state index is 11.1. The number of ether oxygens (including phenoxy) is 1. The van der Waals surface area contributed by atoms with E-state index in [1.54, 1.807) is 12.1 Å². The molecule has 0 unspecified atom stereocenters. The van der Waals surface area contributed by atoms with E-state index >= 15 is 0 Å². The standard InChI is InChI=1S/C19H22N2O2/c1-2-17(15-7-8-18-16(11-15)9-10-23-18)21-12-13-3-5-14(6-4-13)19(20)22/h3-8,11,17,21H,2,9-10,12H2,1H3,(H2,20,22)/t17-/m0/s1. The van der Waals surface area contributed by atoms with Gasteiger partial charge in [-0.15, -0.1) is 0 Å². The number of rotatable bonds is 6. The van der Waals surface area contributed by atoms with E-state index in [1.807, 2.05) is 12.1 Å². The van der Waals surface area contributed by atoms with Gasteiger partial charge in [-0.05, 0) is 41.3 Å². The largest absolute Gasteiger partial charge is 0.493 e. The lowest BCUT2D eigenvalue weighted by Crippen LogP contribution is -2.20. The second kappa shape index (κ2) is 6.84. The van der Waals surface area contributed by atoms with Crippen molar-refractivity contribution >= 4 is 5.91 Å². The van der Waals surface area contributed by atoms with Gasteiger partial charge in [-0.25, -0.2) is 0 Å². The molecule has 4 heteroatoms. The number of carbonyl (C=O) groups excluding carboxylic acids is 1. The third kappa shape index (κ3) is 3.54. The first kappa shape index (κ1) is 15.6. The summed E-state index contributed by atoms with van der Waals surface area (Å²) in [6.07, 6.45) is 2.01. The number of amides is 1. The summed E-state index contributed by atoms with van der Waals surface area (Å²) < 4.78 is 5.57. The Labute approximate surface area is 136 Å². The highest BCUT2D eigenvalue weighted by molar-refractivity contribution is 5.92. The molecule has 2 aromatic carbocycles. The second-order valence-corrected chi connectivity index (χ2v) is 5.87. The highest BCUT2D eigenvalue weighted by atomic mass is 16.5. The molecular weight excluding hydrogens is 288 g/mol.